The van der Waals surface area contributed by atoms with Crippen LogP contribution in [-0.4, -0.2) is 42.9 Å². The molecule has 5 nitrogen and oxygen atoms in total. The lowest BCUT2D eigenvalue weighted by Crippen LogP contribution is -2.39. The zero-order chi connectivity index (χ0) is 14.7. The third-order valence-corrected chi connectivity index (χ3v) is 3.80. The first-order valence-corrected chi connectivity index (χ1v) is 6.92. The van der Waals surface area contributed by atoms with Gasteiger partial charge in [-0.05, 0) is 31.5 Å². The molecule has 0 saturated carbocycles. The summed E-state index contributed by atoms with van der Waals surface area (Å²) < 4.78 is 0. The van der Waals surface area contributed by atoms with Gasteiger partial charge < -0.3 is 15.5 Å². The van der Waals surface area contributed by atoms with Gasteiger partial charge in [0.25, 0.3) is 5.91 Å². The second-order valence-electron chi connectivity index (χ2n) is 5.20. The van der Waals surface area contributed by atoms with Gasteiger partial charge in [0.1, 0.15) is 0 Å². The largest absolute Gasteiger partial charge is 0.338 e. The highest BCUT2D eigenvalue weighted by atomic mass is 16.2. The molecule has 0 spiro atoms. The van der Waals surface area contributed by atoms with Crippen molar-refractivity contribution in [2.24, 2.45) is 5.73 Å². The van der Waals surface area contributed by atoms with E-state index in [-0.39, 0.29) is 17.9 Å². The number of carbonyl (C=O) groups excluding carboxylic acids is 2. The highest BCUT2D eigenvalue weighted by Gasteiger charge is 2.23. The standard InChI is InChI=1S/C15H21N3O2/c1-11(10-16)17(2)15(20)12-5-3-6-13(9-12)18-8-4-7-14(18)19/h3,5-6,9,11H,4,7-8,10,16H2,1-2H3. The van der Waals surface area contributed by atoms with Crippen LogP contribution in [0.5, 0.6) is 0 Å². The van der Waals surface area contributed by atoms with Gasteiger partial charge >= 0.3 is 0 Å². The van der Waals surface area contributed by atoms with Gasteiger partial charge in [-0.2, -0.15) is 0 Å². The van der Waals surface area contributed by atoms with Crippen molar-refractivity contribution in [3.8, 4) is 0 Å². The Kier molecular flexibility index (Phi) is 4.39. The Labute approximate surface area is 119 Å². The van der Waals surface area contributed by atoms with Crippen LogP contribution in [0.4, 0.5) is 5.69 Å². The molecule has 2 rings (SSSR count). The molecule has 1 saturated heterocycles. The summed E-state index contributed by atoms with van der Waals surface area (Å²) in [5.41, 5.74) is 6.98. The van der Waals surface area contributed by atoms with E-state index < -0.39 is 0 Å². The summed E-state index contributed by atoms with van der Waals surface area (Å²) in [6.07, 6.45) is 1.46. The highest BCUT2D eigenvalue weighted by Crippen LogP contribution is 2.22. The molecule has 1 aromatic carbocycles. The van der Waals surface area contributed by atoms with Gasteiger partial charge in [0.05, 0.1) is 0 Å². The van der Waals surface area contributed by atoms with E-state index in [4.69, 9.17) is 5.73 Å². The van der Waals surface area contributed by atoms with Crippen molar-refractivity contribution >= 4 is 17.5 Å². The summed E-state index contributed by atoms with van der Waals surface area (Å²) in [7, 11) is 1.74. The van der Waals surface area contributed by atoms with E-state index in [2.05, 4.69) is 0 Å². The molecule has 1 heterocycles. The van der Waals surface area contributed by atoms with Crippen LogP contribution in [-0.2, 0) is 4.79 Å². The van der Waals surface area contributed by atoms with E-state index >= 15 is 0 Å². The van der Waals surface area contributed by atoms with E-state index in [9.17, 15) is 9.59 Å². The first-order chi connectivity index (χ1) is 9.54. The number of benzene rings is 1. The van der Waals surface area contributed by atoms with E-state index in [0.717, 1.165) is 18.7 Å². The van der Waals surface area contributed by atoms with Gasteiger partial charge in [-0.3, -0.25) is 9.59 Å². The maximum absolute atomic E-state index is 12.4. The van der Waals surface area contributed by atoms with Gasteiger partial charge in [0, 0.05) is 43.9 Å². The number of amides is 2. The molecule has 1 aromatic rings. The highest BCUT2D eigenvalue weighted by molar-refractivity contribution is 5.99. The van der Waals surface area contributed by atoms with E-state index in [1.165, 1.54) is 0 Å². The predicted octanol–water partition coefficient (Wildman–Crippen LogP) is 1.23. The molecular formula is C15H21N3O2. The number of anilines is 1. The molecule has 0 radical (unpaired) electrons. The first-order valence-electron chi connectivity index (χ1n) is 6.92. The number of nitrogens with two attached hydrogens (primary N) is 1. The fourth-order valence-corrected chi connectivity index (χ4v) is 2.29. The topological polar surface area (TPSA) is 66.6 Å². The second-order valence-corrected chi connectivity index (χ2v) is 5.20. The third kappa shape index (κ3) is 2.82. The van der Waals surface area contributed by atoms with Crippen LogP contribution in [0.3, 0.4) is 0 Å². The first kappa shape index (κ1) is 14.5. The zero-order valence-corrected chi connectivity index (χ0v) is 12.0. The van der Waals surface area contributed by atoms with Crippen molar-refractivity contribution in [1.82, 2.24) is 4.90 Å². The van der Waals surface area contributed by atoms with Crippen molar-refractivity contribution in [3.05, 3.63) is 29.8 Å². The van der Waals surface area contributed by atoms with Gasteiger partial charge in [-0.1, -0.05) is 6.07 Å². The van der Waals surface area contributed by atoms with E-state index in [1.807, 2.05) is 19.1 Å². The molecule has 108 valence electrons. The third-order valence-electron chi connectivity index (χ3n) is 3.80. The van der Waals surface area contributed by atoms with E-state index in [0.29, 0.717) is 18.5 Å². The fourth-order valence-electron chi connectivity index (χ4n) is 2.29. The van der Waals surface area contributed by atoms with Crippen molar-refractivity contribution in [3.63, 3.8) is 0 Å². The number of carbonyl (C=O) groups is 2. The smallest absolute Gasteiger partial charge is 0.253 e. The number of hydrogen-bond acceptors (Lipinski definition) is 3. The maximum Gasteiger partial charge on any atom is 0.253 e. The Morgan fingerprint density at radius 3 is 2.85 bits per heavy atom. The van der Waals surface area contributed by atoms with Crippen LogP contribution in [0.1, 0.15) is 30.1 Å². The van der Waals surface area contributed by atoms with Crippen LogP contribution in [0, 0.1) is 0 Å². The summed E-state index contributed by atoms with van der Waals surface area (Å²) in [5.74, 6) is 0.0507. The number of likely N-dealkylation sites (N-methyl/N-ethyl adjacent to an activating group) is 1. The van der Waals surface area contributed by atoms with Crippen LogP contribution in [0.2, 0.25) is 0 Å². The molecule has 1 atom stereocenters. The lowest BCUT2D eigenvalue weighted by atomic mass is 10.1. The van der Waals surface area contributed by atoms with Crippen molar-refractivity contribution in [2.45, 2.75) is 25.8 Å². The lowest BCUT2D eigenvalue weighted by Gasteiger charge is -2.24. The normalized spacial score (nSPS) is 16.4. The minimum Gasteiger partial charge on any atom is -0.338 e. The fraction of sp³-hybridized carbons (Fsp3) is 0.467. The van der Waals surface area contributed by atoms with Crippen molar-refractivity contribution in [1.29, 1.82) is 0 Å². The van der Waals surface area contributed by atoms with Crippen LogP contribution in [0.25, 0.3) is 0 Å². The number of nitrogens with zero attached hydrogens (tertiary/aromatic N) is 2. The summed E-state index contributed by atoms with van der Waals surface area (Å²) >= 11 is 0. The molecule has 0 aromatic heterocycles. The Bertz CT molecular complexity index is 516. The lowest BCUT2D eigenvalue weighted by molar-refractivity contribution is -0.117. The van der Waals surface area contributed by atoms with E-state index in [1.54, 1.807) is 29.0 Å². The monoisotopic (exact) mass is 275 g/mol. The van der Waals surface area contributed by atoms with Crippen molar-refractivity contribution in [2.75, 3.05) is 25.0 Å². The summed E-state index contributed by atoms with van der Waals surface area (Å²) in [6.45, 7) is 3.06. The molecule has 1 aliphatic rings. The van der Waals surface area contributed by atoms with Crippen LogP contribution < -0.4 is 10.6 Å². The van der Waals surface area contributed by atoms with Crippen molar-refractivity contribution < 1.29 is 9.59 Å². The molecular weight excluding hydrogens is 254 g/mol. The molecule has 1 unspecified atom stereocenters. The average Bonchev–Trinajstić information content (AvgIpc) is 2.91. The summed E-state index contributed by atoms with van der Waals surface area (Å²) in [4.78, 5) is 27.5. The maximum atomic E-state index is 12.4. The Morgan fingerprint density at radius 1 is 1.50 bits per heavy atom. The summed E-state index contributed by atoms with van der Waals surface area (Å²) in [6, 6.07) is 7.22. The summed E-state index contributed by atoms with van der Waals surface area (Å²) in [5, 5.41) is 0. The SMILES string of the molecule is CC(CN)N(C)C(=O)c1cccc(N2CCCC2=O)c1. The molecule has 2 amide bonds. The zero-order valence-electron chi connectivity index (χ0n) is 12.0. The minimum absolute atomic E-state index is 0.0143. The number of rotatable bonds is 4. The minimum atomic E-state index is -0.0727. The average molecular weight is 275 g/mol. The Morgan fingerprint density at radius 2 is 2.25 bits per heavy atom. The van der Waals surface area contributed by atoms with Crippen LogP contribution in [0.15, 0.2) is 24.3 Å². The number of hydrogen-bond donors (Lipinski definition) is 1. The van der Waals surface area contributed by atoms with Gasteiger partial charge in [0.2, 0.25) is 5.91 Å². The molecule has 2 N–H and O–H groups in total. The second kappa shape index (κ2) is 6.05. The molecule has 1 fully saturated rings. The van der Waals surface area contributed by atoms with Gasteiger partial charge in [-0.25, -0.2) is 0 Å². The molecule has 20 heavy (non-hydrogen) atoms. The molecule has 0 aliphatic carbocycles. The predicted molar refractivity (Wildman–Crippen MR) is 78.6 cm³/mol. The Balaban J connectivity index is 2.21. The molecule has 1 aliphatic heterocycles. The van der Waals surface area contributed by atoms with Gasteiger partial charge in [0.15, 0.2) is 0 Å². The van der Waals surface area contributed by atoms with Crippen LogP contribution >= 0.6 is 0 Å². The molecule has 0 bridgehead atoms. The Hall–Kier alpha value is -1.88. The quantitative estimate of drug-likeness (QED) is 0.899. The van der Waals surface area contributed by atoms with Gasteiger partial charge in [-0.15, -0.1) is 0 Å². The molecule has 5 heteroatoms.